The van der Waals surface area contributed by atoms with Gasteiger partial charge < -0.3 is 9.84 Å². The number of benzene rings is 1. The van der Waals surface area contributed by atoms with Crippen LogP contribution in [0.25, 0.3) is 6.08 Å². The van der Waals surface area contributed by atoms with Crippen LogP contribution in [0.4, 0.5) is 0 Å². The second kappa shape index (κ2) is 4.94. The molecule has 2 heterocycles. The Hall–Kier alpha value is -1.81. The van der Waals surface area contributed by atoms with E-state index in [-0.39, 0.29) is 12.0 Å². The van der Waals surface area contributed by atoms with E-state index in [1.54, 1.807) is 0 Å². The summed E-state index contributed by atoms with van der Waals surface area (Å²) < 4.78 is 6.20. The molecule has 3 rings (SSSR count). The molecule has 1 saturated heterocycles. The average molecular weight is 273 g/mol. The van der Waals surface area contributed by atoms with Gasteiger partial charge >= 0.3 is 5.97 Å². The minimum Gasteiger partial charge on any atom is -0.481 e. The van der Waals surface area contributed by atoms with Crippen LogP contribution in [-0.4, -0.2) is 41.2 Å². The molecule has 0 radical (unpaired) electrons. The molecule has 1 spiro atoms. The zero-order valence-electron chi connectivity index (χ0n) is 11.6. The molecule has 2 aliphatic rings. The Morgan fingerprint density at radius 3 is 3.15 bits per heavy atom. The summed E-state index contributed by atoms with van der Waals surface area (Å²) in [5.74, 6) is 0.185. The van der Waals surface area contributed by atoms with Crippen LogP contribution in [-0.2, 0) is 4.79 Å². The summed E-state index contributed by atoms with van der Waals surface area (Å²) in [6.07, 6.45) is 5.37. The molecule has 0 amide bonds. The first-order valence-corrected chi connectivity index (χ1v) is 6.99. The molecule has 0 aliphatic carbocycles. The monoisotopic (exact) mass is 273 g/mol. The summed E-state index contributed by atoms with van der Waals surface area (Å²) in [6.45, 7) is 4.32. The zero-order chi connectivity index (χ0) is 14.2. The van der Waals surface area contributed by atoms with Gasteiger partial charge in [-0.05, 0) is 25.1 Å². The van der Waals surface area contributed by atoms with E-state index in [1.165, 1.54) is 5.56 Å². The Morgan fingerprint density at radius 1 is 1.50 bits per heavy atom. The highest BCUT2D eigenvalue weighted by Gasteiger charge is 2.39. The quantitative estimate of drug-likeness (QED) is 0.918. The van der Waals surface area contributed by atoms with Crippen molar-refractivity contribution in [2.45, 2.75) is 25.4 Å². The van der Waals surface area contributed by atoms with Crippen molar-refractivity contribution in [1.29, 1.82) is 0 Å². The van der Waals surface area contributed by atoms with Crippen molar-refractivity contribution >= 4 is 12.0 Å². The van der Waals surface area contributed by atoms with E-state index in [0.29, 0.717) is 6.54 Å². The van der Waals surface area contributed by atoms with E-state index in [9.17, 15) is 4.79 Å². The van der Waals surface area contributed by atoms with Gasteiger partial charge in [0.2, 0.25) is 0 Å². The molecule has 0 bridgehead atoms. The number of carboxylic acid groups (broad SMARTS) is 1. The summed E-state index contributed by atoms with van der Waals surface area (Å²) in [4.78, 5) is 12.8. The fraction of sp³-hybridized carbons (Fsp3) is 0.438. The minimum atomic E-state index is -0.744. The number of nitrogens with zero attached hydrogens (tertiary/aromatic N) is 1. The predicted molar refractivity (Wildman–Crippen MR) is 76.9 cm³/mol. The maximum Gasteiger partial charge on any atom is 0.304 e. The van der Waals surface area contributed by atoms with E-state index < -0.39 is 5.97 Å². The number of ether oxygens (including phenoxy) is 1. The Kier molecular flexibility index (Phi) is 3.26. The molecule has 2 aliphatic heterocycles. The van der Waals surface area contributed by atoms with Gasteiger partial charge in [0.25, 0.3) is 0 Å². The maximum absolute atomic E-state index is 10.6. The third kappa shape index (κ3) is 2.56. The first-order valence-electron chi connectivity index (χ1n) is 6.99. The second-order valence-electron chi connectivity index (χ2n) is 5.71. The molecule has 0 saturated carbocycles. The van der Waals surface area contributed by atoms with Crippen LogP contribution >= 0.6 is 0 Å². The van der Waals surface area contributed by atoms with Crippen LogP contribution in [0.15, 0.2) is 24.3 Å². The van der Waals surface area contributed by atoms with Crippen LogP contribution in [0.1, 0.15) is 24.0 Å². The van der Waals surface area contributed by atoms with Gasteiger partial charge in [0.1, 0.15) is 11.4 Å². The lowest BCUT2D eigenvalue weighted by molar-refractivity contribution is -0.137. The number of likely N-dealkylation sites (tertiary alicyclic amines) is 1. The van der Waals surface area contributed by atoms with Gasteiger partial charge in [0.05, 0.1) is 6.42 Å². The van der Waals surface area contributed by atoms with Crippen molar-refractivity contribution in [3.8, 4) is 5.75 Å². The van der Waals surface area contributed by atoms with Gasteiger partial charge in [0.15, 0.2) is 0 Å². The van der Waals surface area contributed by atoms with Gasteiger partial charge in [0, 0.05) is 31.6 Å². The largest absolute Gasteiger partial charge is 0.481 e. The Balaban J connectivity index is 1.71. The van der Waals surface area contributed by atoms with Crippen LogP contribution in [0, 0.1) is 6.92 Å². The Bertz CT molecular complexity index is 567. The third-order valence-electron chi connectivity index (χ3n) is 4.03. The normalized spacial score (nSPS) is 24.6. The molecule has 1 N–H and O–H groups in total. The van der Waals surface area contributed by atoms with Crippen molar-refractivity contribution in [2.24, 2.45) is 0 Å². The standard InChI is InChI=1S/C16H19NO3/c1-12-2-3-14-13(10-12)4-6-16(20-14)7-9-17(11-16)8-5-15(18)19/h2-4,6,10H,5,7-9,11H2,1H3,(H,18,19). The van der Waals surface area contributed by atoms with Crippen LogP contribution in [0.5, 0.6) is 5.75 Å². The molecule has 1 fully saturated rings. The summed E-state index contributed by atoms with van der Waals surface area (Å²) in [6, 6.07) is 6.20. The Labute approximate surface area is 118 Å². The summed E-state index contributed by atoms with van der Waals surface area (Å²) in [7, 11) is 0. The fourth-order valence-electron chi connectivity index (χ4n) is 2.93. The minimum absolute atomic E-state index is 0.190. The van der Waals surface area contributed by atoms with E-state index in [1.807, 2.05) is 6.07 Å². The predicted octanol–water partition coefficient (Wildman–Crippen LogP) is 2.32. The molecule has 1 atom stereocenters. The van der Waals surface area contributed by atoms with Crippen molar-refractivity contribution < 1.29 is 14.6 Å². The summed E-state index contributed by atoms with van der Waals surface area (Å²) in [5.41, 5.74) is 2.07. The molecule has 4 nitrogen and oxygen atoms in total. The van der Waals surface area contributed by atoms with Gasteiger partial charge in [-0.15, -0.1) is 0 Å². The molecular formula is C16H19NO3. The fourth-order valence-corrected chi connectivity index (χ4v) is 2.93. The molecule has 1 unspecified atom stereocenters. The van der Waals surface area contributed by atoms with Gasteiger partial charge in [-0.1, -0.05) is 17.7 Å². The summed E-state index contributed by atoms with van der Waals surface area (Å²) >= 11 is 0. The zero-order valence-corrected chi connectivity index (χ0v) is 11.6. The van der Waals surface area contributed by atoms with Gasteiger partial charge in [-0.25, -0.2) is 0 Å². The number of carboxylic acids is 1. The molecule has 1 aromatic carbocycles. The summed E-state index contributed by atoms with van der Waals surface area (Å²) in [5, 5.41) is 8.76. The molecule has 1 aromatic rings. The number of aliphatic carboxylic acids is 1. The lowest BCUT2D eigenvalue weighted by Gasteiger charge is -2.31. The van der Waals surface area contributed by atoms with E-state index in [4.69, 9.17) is 9.84 Å². The number of fused-ring (bicyclic) bond motifs is 1. The lowest BCUT2D eigenvalue weighted by Crippen LogP contribution is -2.39. The van der Waals surface area contributed by atoms with Crippen LogP contribution in [0.2, 0.25) is 0 Å². The van der Waals surface area contributed by atoms with Gasteiger partial charge in [-0.3, -0.25) is 9.69 Å². The number of aryl methyl sites for hydroxylation is 1. The van der Waals surface area contributed by atoms with E-state index in [0.717, 1.165) is 30.8 Å². The van der Waals surface area contributed by atoms with E-state index in [2.05, 4.69) is 36.1 Å². The second-order valence-corrected chi connectivity index (χ2v) is 5.71. The van der Waals surface area contributed by atoms with E-state index >= 15 is 0 Å². The first-order chi connectivity index (χ1) is 9.56. The molecule has 20 heavy (non-hydrogen) atoms. The maximum atomic E-state index is 10.6. The topological polar surface area (TPSA) is 49.8 Å². The number of hydrogen-bond acceptors (Lipinski definition) is 3. The third-order valence-corrected chi connectivity index (χ3v) is 4.03. The molecular weight excluding hydrogens is 254 g/mol. The molecule has 106 valence electrons. The first kappa shape index (κ1) is 13.2. The molecule has 4 heteroatoms. The lowest BCUT2D eigenvalue weighted by atomic mass is 9.97. The Morgan fingerprint density at radius 2 is 2.35 bits per heavy atom. The number of rotatable bonds is 3. The van der Waals surface area contributed by atoms with Crippen molar-refractivity contribution in [2.75, 3.05) is 19.6 Å². The van der Waals surface area contributed by atoms with Crippen molar-refractivity contribution in [3.05, 3.63) is 35.4 Å². The molecule has 0 aromatic heterocycles. The SMILES string of the molecule is Cc1ccc2c(c1)C=CC1(CCN(CCC(=O)O)C1)O2. The van der Waals surface area contributed by atoms with Crippen LogP contribution in [0.3, 0.4) is 0 Å². The number of hydrogen-bond donors (Lipinski definition) is 1. The smallest absolute Gasteiger partial charge is 0.304 e. The van der Waals surface area contributed by atoms with Gasteiger partial charge in [-0.2, -0.15) is 0 Å². The highest BCUT2D eigenvalue weighted by atomic mass is 16.5. The number of carbonyl (C=O) groups is 1. The highest BCUT2D eigenvalue weighted by Crippen LogP contribution is 2.36. The van der Waals surface area contributed by atoms with Crippen molar-refractivity contribution in [3.63, 3.8) is 0 Å². The van der Waals surface area contributed by atoms with Crippen molar-refractivity contribution in [1.82, 2.24) is 4.90 Å². The van der Waals surface area contributed by atoms with Crippen LogP contribution < -0.4 is 4.74 Å². The highest BCUT2D eigenvalue weighted by molar-refractivity contribution is 5.67. The average Bonchev–Trinajstić information content (AvgIpc) is 2.80.